The number of amidine groups is 1. The second-order valence-electron chi connectivity index (χ2n) is 4.10. The van der Waals surface area contributed by atoms with Gasteiger partial charge in [-0.05, 0) is 35.7 Å². The molecule has 3 heteroatoms. The van der Waals surface area contributed by atoms with E-state index in [9.17, 15) is 0 Å². The molecular formula is C15H15ClN2. The van der Waals surface area contributed by atoms with Crippen LogP contribution in [-0.4, -0.2) is 11.7 Å². The van der Waals surface area contributed by atoms with Crippen LogP contribution in [0.4, 0.5) is 5.69 Å². The zero-order valence-corrected chi connectivity index (χ0v) is 11.0. The van der Waals surface area contributed by atoms with Gasteiger partial charge >= 0.3 is 0 Å². The number of alkyl halides is 1. The fourth-order valence-electron chi connectivity index (χ4n) is 1.78. The molecule has 2 aromatic carbocycles. The molecule has 2 N–H and O–H groups in total. The van der Waals surface area contributed by atoms with Gasteiger partial charge in [-0.3, -0.25) is 0 Å². The summed E-state index contributed by atoms with van der Waals surface area (Å²) in [6.45, 7) is 2.02. The molecule has 2 nitrogen and oxygen atoms in total. The Kier molecular flexibility index (Phi) is 4.00. The second-order valence-corrected chi connectivity index (χ2v) is 4.37. The molecule has 0 aliphatic rings. The van der Waals surface area contributed by atoms with Crippen LogP contribution < -0.4 is 5.73 Å². The molecule has 0 radical (unpaired) electrons. The first-order valence-corrected chi connectivity index (χ1v) is 6.29. The number of rotatable bonds is 3. The number of hydrogen-bond donors (Lipinski definition) is 1. The van der Waals surface area contributed by atoms with Crippen LogP contribution in [0.1, 0.15) is 5.56 Å². The highest BCUT2D eigenvalue weighted by Gasteiger charge is 2.01. The van der Waals surface area contributed by atoms with E-state index in [1.807, 2.05) is 37.3 Å². The maximum absolute atomic E-state index is 5.64. The Morgan fingerprint density at radius 3 is 2.44 bits per heavy atom. The first-order chi connectivity index (χ1) is 8.70. The highest BCUT2D eigenvalue weighted by Crippen LogP contribution is 2.26. The first kappa shape index (κ1) is 12.7. The van der Waals surface area contributed by atoms with E-state index in [0.717, 1.165) is 11.3 Å². The van der Waals surface area contributed by atoms with Crippen LogP contribution in [0.2, 0.25) is 0 Å². The molecule has 0 aliphatic carbocycles. The van der Waals surface area contributed by atoms with Crippen LogP contribution >= 0.6 is 11.6 Å². The zero-order chi connectivity index (χ0) is 13.0. The molecule has 0 aromatic heterocycles. The summed E-state index contributed by atoms with van der Waals surface area (Å²) in [5.41, 5.74) is 9.97. The molecule has 2 aromatic rings. The molecule has 2 rings (SSSR count). The van der Waals surface area contributed by atoms with E-state index in [1.54, 1.807) is 0 Å². The molecule has 0 heterocycles. The van der Waals surface area contributed by atoms with Crippen LogP contribution in [0.25, 0.3) is 11.1 Å². The van der Waals surface area contributed by atoms with Crippen molar-refractivity contribution in [2.75, 3.05) is 5.88 Å². The molecule has 0 amide bonds. The van der Waals surface area contributed by atoms with Crippen molar-refractivity contribution in [1.82, 2.24) is 0 Å². The molecule has 0 bridgehead atoms. The maximum Gasteiger partial charge on any atom is 0.115 e. The molecule has 0 atom stereocenters. The molecule has 0 saturated carbocycles. The number of nitrogens with zero attached hydrogens (tertiary/aromatic N) is 1. The fourth-order valence-corrected chi connectivity index (χ4v) is 1.84. The highest BCUT2D eigenvalue weighted by molar-refractivity contribution is 6.28. The Balaban J connectivity index is 2.37. The third-order valence-corrected chi connectivity index (χ3v) is 2.98. The van der Waals surface area contributed by atoms with Crippen molar-refractivity contribution in [2.24, 2.45) is 10.7 Å². The van der Waals surface area contributed by atoms with Gasteiger partial charge in [0.15, 0.2) is 0 Å². The van der Waals surface area contributed by atoms with Crippen LogP contribution in [0.15, 0.2) is 53.5 Å². The Labute approximate surface area is 112 Å². The summed E-state index contributed by atoms with van der Waals surface area (Å²) in [5, 5.41) is 0. The number of aryl methyl sites for hydroxylation is 1. The lowest BCUT2D eigenvalue weighted by Gasteiger charge is -2.06. The van der Waals surface area contributed by atoms with Gasteiger partial charge in [-0.25, -0.2) is 4.99 Å². The molecule has 0 spiro atoms. The van der Waals surface area contributed by atoms with Gasteiger partial charge in [0.1, 0.15) is 5.84 Å². The van der Waals surface area contributed by atoms with E-state index in [1.165, 1.54) is 11.1 Å². The van der Waals surface area contributed by atoms with E-state index in [2.05, 4.69) is 23.2 Å². The van der Waals surface area contributed by atoms with Gasteiger partial charge in [-0.15, -0.1) is 11.6 Å². The van der Waals surface area contributed by atoms with E-state index in [-0.39, 0.29) is 5.88 Å². The van der Waals surface area contributed by atoms with E-state index >= 15 is 0 Å². The van der Waals surface area contributed by atoms with Gasteiger partial charge in [0.05, 0.1) is 11.6 Å². The predicted molar refractivity (Wildman–Crippen MR) is 78.6 cm³/mol. The summed E-state index contributed by atoms with van der Waals surface area (Å²) in [4.78, 5) is 4.27. The lowest BCUT2D eigenvalue weighted by Crippen LogP contribution is -2.12. The second kappa shape index (κ2) is 5.69. The van der Waals surface area contributed by atoms with Crippen molar-refractivity contribution >= 4 is 23.1 Å². The minimum Gasteiger partial charge on any atom is -0.386 e. The Hall–Kier alpha value is -1.80. The van der Waals surface area contributed by atoms with E-state index in [4.69, 9.17) is 17.3 Å². The van der Waals surface area contributed by atoms with Gasteiger partial charge in [0.25, 0.3) is 0 Å². The number of halogens is 1. The van der Waals surface area contributed by atoms with Crippen molar-refractivity contribution in [3.63, 3.8) is 0 Å². The summed E-state index contributed by atoms with van der Waals surface area (Å²) in [7, 11) is 0. The minimum atomic E-state index is 0.250. The number of nitrogens with two attached hydrogens (primary N) is 1. The maximum atomic E-state index is 5.64. The molecule has 0 fully saturated rings. The number of aliphatic imine (C=N–C) groups is 1. The normalized spacial score (nSPS) is 11.6. The summed E-state index contributed by atoms with van der Waals surface area (Å²) in [5.74, 6) is 0.687. The van der Waals surface area contributed by atoms with Crippen molar-refractivity contribution in [3.05, 3.63) is 54.1 Å². The quantitative estimate of drug-likeness (QED) is 0.506. The van der Waals surface area contributed by atoms with Crippen LogP contribution in [0.3, 0.4) is 0 Å². The third kappa shape index (κ3) is 2.90. The summed E-state index contributed by atoms with van der Waals surface area (Å²) < 4.78 is 0. The summed E-state index contributed by atoms with van der Waals surface area (Å²) >= 11 is 5.63. The average Bonchev–Trinajstić information content (AvgIpc) is 2.42. The van der Waals surface area contributed by atoms with E-state index in [0.29, 0.717) is 5.84 Å². The number of hydrogen-bond acceptors (Lipinski definition) is 1. The summed E-state index contributed by atoms with van der Waals surface area (Å²) in [6, 6.07) is 16.4. The van der Waals surface area contributed by atoms with Gasteiger partial charge in [-0.1, -0.05) is 36.4 Å². The average molecular weight is 259 g/mol. The predicted octanol–water partition coefficient (Wildman–Crippen LogP) is 3.89. The largest absolute Gasteiger partial charge is 0.386 e. The monoisotopic (exact) mass is 258 g/mol. The summed E-state index contributed by atoms with van der Waals surface area (Å²) in [6.07, 6.45) is 0. The van der Waals surface area contributed by atoms with Crippen molar-refractivity contribution < 1.29 is 0 Å². The SMILES string of the molecule is Cc1cc(-c2ccccc2)ccc1N=C(N)CCl. The smallest absolute Gasteiger partial charge is 0.115 e. The molecule has 18 heavy (non-hydrogen) atoms. The van der Waals surface area contributed by atoms with Gasteiger partial charge in [0.2, 0.25) is 0 Å². The van der Waals surface area contributed by atoms with Gasteiger partial charge in [0, 0.05) is 0 Å². The van der Waals surface area contributed by atoms with Crippen LogP contribution in [-0.2, 0) is 0 Å². The van der Waals surface area contributed by atoms with Crippen LogP contribution in [0, 0.1) is 6.92 Å². The Bertz CT molecular complexity index is 562. The van der Waals surface area contributed by atoms with E-state index < -0.39 is 0 Å². The van der Waals surface area contributed by atoms with Gasteiger partial charge < -0.3 is 5.73 Å². The minimum absolute atomic E-state index is 0.250. The fraction of sp³-hybridized carbons (Fsp3) is 0.133. The van der Waals surface area contributed by atoms with Crippen LogP contribution in [0.5, 0.6) is 0 Å². The van der Waals surface area contributed by atoms with Crippen molar-refractivity contribution in [1.29, 1.82) is 0 Å². The molecule has 0 aliphatic heterocycles. The lowest BCUT2D eigenvalue weighted by molar-refractivity contribution is 1.37. The highest BCUT2D eigenvalue weighted by atomic mass is 35.5. The standard InChI is InChI=1S/C15H15ClN2/c1-11-9-13(12-5-3-2-4-6-12)7-8-14(11)18-15(17)10-16/h2-9H,10H2,1H3,(H2,17,18). The number of benzene rings is 2. The topological polar surface area (TPSA) is 38.4 Å². The van der Waals surface area contributed by atoms with Crippen molar-refractivity contribution in [3.8, 4) is 11.1 Å². The third-order valence-electron chi connectivity index (χ3n) is 2.70. The zero-order valence-electron chi connectivity index (χ0n) is 10.2. The molecule has 92 valence electrons. The molecule has 0 saturated heterocycles. The Morgan fingerprint density at radius 1 is 1.11 bits per heavy atom. The molecule has 0 unspecified atom stereocenters. The van der Waals surface area contributed by atoms with Gasteiger partial charge in [-0.2, -0.15) is 0 Å². The van der Waals surface area contributed by atoms with Crippen molar-refractivity contribution in [2.45, 2.75) is 6.92 Å². The molecular weight excluding hydrogens is 244 g/mol. The lowest BCUT2D eigenvalue weighted by atomic mass is 10.0. The Morgan fingerprint density at radius 2 is 1.83 bits per heavy atom. The first-order valence-electron chi connectivity index (χ1n) is 5.76.